The van der Waals surface area contributed by atoms with Gasteiger partial charge in [-0.25, -0.2) is 9.59 Å². The Hall–Kier alpha value is -3.29. The molecule has 150 valence electrons. The molecule has 0 spiro atoms. The average Bonchev–Trinajstić information content (AvgIpc) is 3.04. The molecule has 0 amide bonds. The van der Waals surface area contributed by atoms with Crippen LogP contribution in [0.15, 0.2) is 36.5 Å². The van der Waals surface area contributed by atoms with E-state index in [1.165, 1.54) is 12.3 Å². The Morgan fingerprint density at radius 1 is 1.11 bits per heavy atom. The van der Waals surface area contributed by atoms with Crippen molar-refractivity contribution >= 4 is 18.1 Å². The molecule has 0 aliphatic carbocycles. The van der Waals surface area contributed by atoms with Crippen LogP contribution < -0.4 is 4.74 Å². The number of hydrogen-bond acceptors (Lipinski definition) is 5. The highest BCUT2D eigenvalue weighted by molar-refractivity contribution is 5.87. The molecule has 0 aliphatic rings. The number of hydrogen-bond donors (Lipinski definition) is 3. The summed E-state index contributed by atoms with van der Waals surface area (Å²) in [5.74, 6) is -2.19. The second kappa shape index (κ2) is 8.60. The lowest BCUT2D eigenvalue weighted by atomic mass is 9.93. The van der Waals surface area contributed by atoms with Crippen molar-refractivity contribution in [2.75, 3.05) is 0 Å². The van der Waals surface area contributed by atoms with E-state index >= 15 is 0 Å². The highest BCUT2D eigenvalue weighted by Gasteiger charge is 2.20. The van der Waals surface area contributed by atoms with Crippen LogP contribution >= 0.6 is 0 Å². The molecular formula is C20H23NO7. The molecule has 3 N–H and O–H groups in total. The van der Waals surface area contributed by atoms with Gasteiger partial charge in [-0.3, -0.25) is 4.79 Å². The number of aliphatic carboxylic acids is 1. The monoisotopic (exact) mass is 389 g/mol. The molecular weight excluding hydrogens is 366 g/mol. The maximum atomic E-state index is 11.7. The van der Waals surface area contributed by atoms with E-state index in [9.17, 15) is 19.5 Å². The maximum Gasteiger partial charge on any atom is 0.514 e. The van der Waals surface area contributed by atoms with E-state index in [4.69, 9.17) is 14.6 Å². The van der Waals surface area contributed by atoms with Crippen molar-refractivity contribution in [3.05, 3.63) is 53.3 Å². The molecule has 0 bridgehead atoms. The van der Waals surface area contributed by atoms with Crippen molar-refractivity contribution in [1.82, 2.24) is 4.98 Å². The van der Waals surface area contributed by atoms with Gasteiger partial charge in [0.25, 0.3) is 0 Å². The van der Waals surface area contributed by atoms with Crippen molar-refractivity contribution in [3.8, 4) is 5.75 Å². The van der Waals surface area contributed by atoms with Crippen LogP contribution in [0, 0.1) is 0 Å². The third kappa shape index (κ3) is 6.46. The van der Waals surface area contributed by atoms with Gasteiger partial charge in [-0.05, 0) is 51.0 Å². The minimum Gasteiger partial charge on any atom is -0.481 e. The van der Waals surface area contributed by atoms with Gasteiger partial charge in [0.2, 0.25) is 0 Å². The van der Waals surface area contributed by atoms with E-state index in [0.29, 0.717) is 17.9 Å². The topological polar surface area (TPSA) is 126 Å². The van der Waals surface area contributed by atoms with Gasteiger partial charge in [-0.2, -0.15) is 0 Å². The minimum absolute atomic E-state index is 0.0755. The number of nitrogens with one attached hydrogen (secondary N) is 1. The summed E-state index contributed by atoms with van der Waals surface area (Å²) in [7, 11) is 0. The first kappa shape index (κ1) is 21.0. The normalized spacial score (nSPS) is 12.2. The predicted molar refractivity (Wildman–Crippen MR) is 99.8 cm³/mol. The van der Waals surface area contributed by atoms with E-state index < -0.39 is 29.6 Å². The van der Waals surface area contributed by atoms with Crippen LogP contribution in [0.25, 0.3) is 0 Å². The van der Waals surface area contributed by atoms with Gasteiger partial charge in [0.05, 0.1) is 12.0 Å². The Balaban J connectivity index is 2.08. The third-order valence-electron chi connectivity index (χ3n) is 3.81. The zero-order chi connectivity index (χ0) is 20.9. The summed E-state index contributed by atoms with van der Waals surface area (Å²) in [6.45, 7) is 5.20. The van der Waals surface area contributed by atoms with Crippen LogP contribution in [0.3, 0.4) is 0 Å². The predicted octanol–water partition coefficient (Wildman–Crippen LogP) is 3.83. The molecule has 1 atom stereocenters. The maximum absolute atomic E-state index is 11.7. The molecule has 1 unspecified atom stereocenters. The second-order valence-electron chi connectivity index (χ2n) is 7.36. The molecule has 1 aromatic carbocycles. The number of aromatic amines is 1. The fourth-order valence-corrected chi connectivity index (χ4v) is 2.62. The number of carbonyl (C=O) groups is 3. The van der Waals surface area contributed by atoms with Crippen molar-refractivity contribution in [1.29, 1.82) is 0 Å². The van der Waals surface area contributed by atoms with Gasteiger partial charge in [0.1, 0.15) is 11.4 Å². The van der Waals surface area contributed by atoms with Gasteiger partial charge in [-0.1, -0.05) is 12.1 Å². The van der Waals surface area contributed by atoms with Crippen LogP contribution in [0.4, 0.5) is 4.79 Å². The number of aromatic carboxylic acids is 1. The number of aromatic nitrogens is 1. The summed E-state index contributed by atoms with van der Waals surface area (Å²) >= 11 is 0. The number of benzene rings is 1. The zero-order valence-corrected chi connectivity index (χ0v) is 15.9. The van der Waals surface area contributed by atoms with Gasteiger partial charge in [-0.15, -0.1) is 0 Å². The van der Waals surface area contributed by atoms with E-state index in [2.05, 4.69) is 4.98 Å². The molecule has 0 saturated heterocycles. The minimum atomic E-state index is -1.08. The van der Waals surface area contributed by atoms with Crippen LogP contribution in [0.5, 0.6) is 5.75 Å². The molecule has 8 nitrogen and oxygen atoms in total. The second-order valence-corrected chi connectivity index (χ2v) is 7.36. The fraction of sp³-hybridized carbons (Fsp3) is 0.350. The first-order valence-corrected chi connectivity index (χ1v) is 8.66. The Bertz CT molecular complexity index is 846. The fourth-order valence-electron chi connectivity index (χ4n) is 2.62. The van der Waals surface area contributed by atoms with E-state index in [1.54, 1.807) is 45.0 Å². The van der Waals surface area contributed by atoms with Gasteiger partial charge < -0.3 is 24.7 Å². The van der Waals surface area contributed by atoms with Gasteiger partial charge in [0.15, 0.2) is 0 Å². The van der Waals surface area contributed by atoms with E-state index in [1.807, 2.05) is 0 Å². The molecule has 0 radical (unpaired) electrons. The number of carboxylic acids is 2. The van der Waals surface area contributed by atoms with Gasteiger partial charge >= 0.3 is 18.1 Å². The molecule has 0 saturated carbocycles. The van der Waals surface area contributed by atoms with Crippen molar-refractivity contribution in [2.45, 2.75) is 45.1 Å². The van der Waals surface area contributed by atoms with Gasteiger partial charge in [0, 0.05) is 17.8 Å². The highest BCUT2D eigenvalue weighted by Crippen LogP contribution is 2.26. The Kier molecular flexibility index (Phi) is 6.45. The number of carbonyl (C=O) groups excluding carboxylic acids is 1. The molecule has 0 fully saturated rings. The molecule has 28 heavy (non-hydrogen) atoms. The number of ether oxygens (including phenoxy) is 2. The Morgan fingerprint density at radius 3 is 2.25 bits per heavy atom. The first-order valence-electron chi connectivity index (χ1n) is 8.66. The molecule has 1 heterocycles. The summed E-state index contributed by atoms with van der Waals surface area (Å²) in [5, 5.41) is 18.2. The lowest BCUT2D eigenvalue weighted by molar-refractivity contribution is -0.137. The van der Waals surface area contributed by atoms with Crippen molar-refractivity contribution in [3.63, 3.8) is 0 Å². The largest absolute Gasteiger partial charge is 0.514 e. The van der Waals surface area contributed by atoms with Crippen molar-refractivity contribution < 1.29 is 34.1 Å². The molecule has 8 heteroatoms. The first-order chi connectivity index (χ1) is 13.0. The Labute approximate surface area is 162 Å². The Morgan fingerprint density at radius 2 is 1.75 bits per heavy atom. The average molecular weight is 389 g/mol. The quantitative estimate of drug-likeness (QED) is 0.485. The van der Waals surface area contributed by atoms with Crippen LogP contribution in [0.2, 0.25) is 0 Å². The standard InChI is InChI=1S/C20H23NO7/c1-20(2,3)28-19(26)27-15-6-4-12(5-7-15)8-13(10-17(22)23)16-9-14(11-21-16)18(24)25/h4-7,9,11,13,21H,8,10H2,1-3H3,(H,22,23)(H,24,25). The van der Waals surface area contributed by atoms with Crippen LogP contribution in [-0.2, 0) is 16.0 Å². The summed E-state index contributed by atoms with van der Waals surface area (Å²) in [6, 6.07) is 8.06. The lowest BCUT2D eigenvalue weighted by Gasteiger charge is -2.18. The number of H-pyrrole nitrogens is 1. The smallest absolute Gasteiger partial charge is 0.481 e. The number of rotatable bonds is 7. The zero-order valence-electron chi connectivity index (χ0n) is 15.9. The molecule has 0 aliphatic heterocycles. The summed E-state index contributed by atoms with van der Waals surface area (Å²) in [5.41, 5.74) is 0.765. The summed E-state index contributed by atoms with van der Waals surface area (Å²) in [4.78, 5) is 36.8. The molecule has 1 aromatic heterocycles. The molecule has 2 rings (SSSR count). The van der Waals surface area contributed by atoms with E-state index in [0.717, 1.165) is 5.56 Å². The lowest BCUT2D eigenvalue weighted by Crippen LogP contribution is -2.25. The van der Waals surface area contributed by atoms with Crippen LogP contribution in [-0.4, -0.2) is 38.9 Å². The molecule has 2 aromatic rings. The third-order valence-corrected chi connectivity index (χ3v) is 3.81. The van der Waals surface area contributed by atoms with E-state index in [-0.39, 0.29) is 12.0 Å². The SMILES string of the molecule is CC(C)(C)OC(=O)Oc1ccc(CC(CC(=O)O)c2cc(C(=O)O)c[nH]2)cc1. The number of carboxylic acid groups (broad SMARTS) is 2. The van der Waals surface area contributed by atoms with Crippen LogP contribution in [0.1, 0.15) is 54.7 Å². The van der Waals surface area contributed by atoms with Crippen molar-refractivity contribution in [2.24, 2.45) is 0 Å². The highest BCUT2D eigenvalue weighted by atomic mass is 16.7. The summed E-state index contributed by atoms with van der Waals surface area (Å²) in [6.07, 6.45) is 0.745. The summed E-state index contributed by atoms with van der Waals surface area (Å²) < 4.78 is 10.2.